The molecule has 0 bridgehead atoms. The molecule has 0 aliphatic carbocycles. The molecular weight excluding hydrogens is 304 g/mol. The summed E-state index contributed by atoms with van der Waals surface area (Å²) in [7, 11) is 0. The third-order valence-electron chi connectivity index (χ3n) is 3.45. The number of hydrogen-bond acceptors (Lipinski definition) is 4. The molecule has 3 rings (SSSR count). The maximum Gasteiger partial charge on any atom is 0.210 e. The highest BCUT2D eigenvalue weighted by atomic mass is 32.2. The Balaban J connectivity index is 1.69. The van der Waals surface area contributed by atoms with Crippen molar-refractivity contribution in [3.8, 4) is 17.5 Å². The van der Waals surface area contributed by atoms with Gasteiger partial charge in [0.05, 0.1) is 6.07 Å². The molecule has 0 aliphatic rings. The first-order chi connectivity index (χ1) is 11.2. The standard InChI is InChI=1S/C18H16N4S/c1-13-7-9-14(10-8-13)11-16(12-19)23-18-20-17(21-22-18)15-5-3-2-4-6-15/h2-10,16H,11H2,1H3,(H,20,21,22)/t16-/m0/s1. The molecule has 0 amide bonds. The number of aryl methyl sites for hydroxylation is 1. The zero-order valence-electron chi connectivity index (χ0n) is 12.7. The molecule has 0 fully saturated rings. The van der Waals surface area contributed by atoms with Gasteiger partial charge in [0.2, 0.25) is 5.16 Å². The van der Waals surface area contributed by atoms with Crippen LogP contribution in [0.25, 0.3) is 11.4 Å². The van der Waals surface area contributed by atoms with E-state index in [-0.39, 0.29) is 5.25 Å². The second kappa shape index (κ2) is 7.12. The topological polar surface area (TPSA) is 65.4 Å². The predicted molar refractivity (Wildman–Crippen MR) is 92.0 cm³/mol. The lowest BCUT2D eigenvalue weighted by molar-refractivity contribution is 0.954. The quantitative estimate of drug-likeness (QED) is 0.721. The molecule has 0 aliphatic heterocycles. The van der Waals surface area contributed by atoms with E-state index in [1.165, 1.54) is 17.3 Å². The van der Waals surface area contributed by atoms with Crippen LogP contribution >= 0.6 is 11.8 Å². The average Bonchev–Trinajstić information content (AvgIpc) is 3.05. The normalized spacial score (nSPS) is 11.8. The van der Waals surface area contributed by atoms with E-state index in [4.69, 9.17) is 0 Å². The van der Waals surface area contributed by atoms with Crippen molar-refractivity contribution in [2.75, 3.05) is 0 Å². The summed E-state index contributed by atoms with van der Waals surface area (Å²) in [6.07, 6.45) is 0.677. The van der Waals surface area contributed by atoms with Gasteiger partial charge in [-0.15, -0.1) is 5.10 Å². The molecule has 23 heavy (non-hydrogen) atoms. The van der Waals surface area contributed by atoms with Crippen molar-refractivity contribution >= 4 is 11.8 Å². The van der Waals surface area contributed by atoms with Gasteiger partial charge in [0.15, 0.2) is 5.82 Å². The number of nitrogens with zero attached hydrogens (tertiary/aromatic N) is 3. The second-order valence-corrected chi connectivity index (χ2v) is 6.43. The van der Waals surface area contributed by atoms with Crippen molar-refractivity contribution in [3.63, 3.8) is 0 Å². The highest BCUT2D eigenvalue weighted by Gasteiger charge is 2.14. The van der Waals surface area contributed by atoms with Gasteiger partial charge in [-0.3, -0.25) is 5.10 Å². The maximum absolute atomic E-state index is 9.39. The molecule has 4 nitrogen and oxygen atoms in total. The van der Waals surface area contributed by atoms with Crippen molar-refractivity contribution in [1.82, 2.24) is 15.2 Å². The van der Waals surface area contributed by atoms with Crippen LogP contribution in [0, 0.1) is 18.3 Å². The number of thioether (sulfide) groups is 1. The molecule has 3 aromatic rings. The maximum atomic E-state index is 9.39. The van der Waals surface area contributed by atoms with Gasteiger partial charge in [0, 0.05) is 5.56 Å². The number of rotatable bonds is 5. The number of aromatic nitrogens is 3. The Kier molecular flexibility index (Phi) is 4.74. The number of H-pyrrole nitrogens is 1. The molecule has 0 spiro atoms. The monoisotopic (exact) mass is 320 g/mol. The highest BCUT2D eigenvalue weighted by molar-refractivity contribution is 8.00. The van der Waals surface area contributed by atoms with Crippen LogP contribution in [-0.4, -0.2) is 20.4 Å². The number of nitrogens with one attached hydrogen (secondary N) is 1. The molecule has 5 heteroatoms. The first kappa shape index (κ1) is 15.3. The molecule has 1 aromatic heterocycles. The molecule has 0 saturated heterocycles. The average molecular weight is 320 g/mol. The first-order valence-corrected chi connectivity index (χ1v) is 8.22. The summed E-state index contributed by atoms with van der Waals surface area (Å²) in [6.45, 7) is 2.05. The number of aromatic amines is 1. The van der Waals surface area contributed by atoms with Crippen molar-refractivity contribution in [2.24, 2.45) is 0 Å². The van der Waals surface area contributed by atoms with Crippen molar-refractivity contribution < 1.29 is 0 Å². The minimum absolute atomic E-state index is 0.211. The predicted octanol–water partition coefficient (Wildman–Crippen LogP) is 4.01. The zero-order valence-corrected chi connectivity index (χ0v) is 13.5. The first-order valence-electron chi connectivity index (χ1n) is 7.34. The van der Waals surface area contributed by atoms with Crippen LogP contribution in [0.5, 0.6) is 0 Å². The molecule has 114 valence electrons. The van der Waals surface area contributed by atoms with Crippen LogP contribution in [0.1, 0.15) is 11.1 Å². The van der Waals surface area contributed by atoms with Gasteiger partial charge in [-0.25, -0.2) is 4.98 Å². The summed E-state index contributed by atoms with van der Waals surface area (Å²) in [4.78, 5) is 4.47. The van der Waals surface area contributed by atoms with Gasteiger partial charge in [-0.2, -0.15) is 5.26 Å². The van der Waals surface area contributed by atoms with Crippen LogP contribution < -0.4 is 0 Å². The van der Waals surface area contributed by atoms with Crippen LogP contribution in [0.3, 0.4) is 0 Å². The Morgan fingerprint density at radius 1 is 1.13 bits per heavy atom. The van der Waals surface area contributed by atoms with E-state index in [9.17, 15) is 5.26 Å². The lowest BCUT2D eigenvalue weighted by Crippen LogP contribution is -2.04. The molecule has 0 unspecified atom stereocenters. The van der Waals surface area contributed by atoms with E-state index in [0.29, 0.717) is 11.6 Å². The number of nitriles is 1. The van der Waals surface area contributed by atoms with E-state index in [1.807, 2.05) is 30.3 Å². The Labute approximate surface area is 139 Å². The summed E-state index contributed by atoms with van der Waals surface area (Å²) in [5.74, 6) is 0.722. The van der Waals surface area contributed by atoms with Crippen LogP contribution in [0.4, 0.5) is 0 Å². The molecule has 0 radical (unpaired) electrons. The van der Waals surface area contributed by atoms with Crippen molar-refractivity contribution in [2.45, 2.75) is 23.8 Å². The summed E-state index contributed by atoms with van der Waals surface area (Å²) in [6, 6.07) is 20.4. The van der Waals surface area contributed by atoms with Gasteiger partial charge in [0.1, 0.15) is 5.25 Å². The number of hydrogen-bond donors (Lipinski definition) is 1. The fourth-order valence-electron chi connectivity index (χ4n) is 2.20. The van der Waals surface area contributed by atoms with E-state index in [2.05, 4.69) is 52.4 Å². The summed E-state index contributed by atoms with van der Waals surface area (Å²) in [5, 5.41) is 16.9. The lowest BCUT2D eigenvalue weighted by atomic mass is 10.1. The minimum atomic E-state index is -0.211. The fraction of sp³-hybridized carbons (Fsp3) is 0.167. The van der Waals surface area contributed by atoms with Crippen molar-refractivity contribution in [3.05, 3.63) is 65.7 Å². The number of benzene rings is 2. The van der Waals surface area contributed by atoms with E-state index >= 15 is 0 Å². The second-order valence-electron chi connectivity index (χ2n) is 5.26. The van der Waals surface area contributed by atoms with E-state index < -0.39 is 0 Å². The van der Waals surface area contributed by atoms with Crippen LogP contribution in [0.2, 0.25) is 0 Å². The van der Waals surface area contributed by atoms with Gasteiger partial charge in [0.25, 0.3) is 0 Å². The molecule has 1 heterocycles. The largest absolute Gasteiger partial charge is 0.258 e. The molecule has 1 atom stereocenters. The molecule has 1 N–H and O–H groups in total. The van der Waals surface area contributed by atoms with Gasteiger partial charge in [-0.1, -0.05) is 71.9 Å². The van der Waals surface area contributed by atoms with Crippen molar-refractivity contribution in [1.29, 1.82) is 5.26 Å². The van der Waals surface area contributed by atoms with Gasteiger partial charge in [-0.05, 0) is 18.9 Å². The summed E-state index contributed by atoms with van der Waals surface area (Å²) >= 11 is 1.39. The highest BCUT2D eigenvalue weighted by Crippen LogP contribution is 2.24. The molecular formula is C18H16N4S. The Hall–Kier alpha value is -2.58. The van der Waals surface area contributed by atoms with Crippen LogP contribution in [0.15, 0.2) is 59.8 Å². The Morgan fingerprint density at radius 2 is 1.87 bits per heavy atom. The summed E-state index contributed by atoms with van der Waals surface area (Å²) in [5.41, 5.74) is 3.35. The fourth-order valence-corrected chi connectivity index (χ4v) is 3.03. The van der Waals surface area contributed by atoms with E-state index in [1.54, 1.807) is 0 Å². The van der Waals surface area contributed by atoms with Gasteiger partial charge >= 0.3 is 0 Å². The molecule has 2 aromatic carbocycles. The minimum Gasteiger partial charge on any atom is -0.258 e. The van der Waals surface area contributed by atoms with Gasteiger partial charge < -0.3 is 0 Å². The third-order valence-corrected chi connectivity index (χ3v) is 4.40. The smallest absolute Gasteiger partial charge is 0.210 e. The lowest BCUT2D eigenvalue weighted by Gasteiger charge is -2.06. The Morgan fingerprint density at radius 3 is 2.57 bits per heavy atom. The van der Waals surface area contributed by atoms with Crippen LogP contribution in [-0.2, 0) is 6.42 Å². The molecule has 0 saturated carbocycles. The third kappa shape index (κ3) is 3.99. The SMILES string of the molecule is Cc1ccc(C[C@@H](C#N)Sc2n[nH]c(-c3ccccc3)n2)cc1. The Bertz CT molecular complexity index is 803. The zero-order chi connectivity index (χ0) is 16.1. The summed E-state index contributed by atoms with van der Waals surface area (Å²) < 4.78 is 0. The van der Waals surface area contributed by atoms with E-state index in [0.717, 1.165) is 17.0 Å².